The van der Waals surface area contributed by atoms with Gasteiger partial charge in [0, 0.05) is 23.4 Å². The van der Waals surface area contributed by atoms with E-state index in [0.717, 1.165) is 6.07 Å². The number of nitro benzene ring substituents is 1. The van der Waals surface area contributed by atoms with Crippen LogP contribution in [0.5, 0.6) is 5.75 Å². The molecule has 1 N–H and O–H groups in total. The second kappa shape index (κ2) is 6.28. The normalized spacial score (nSPS) is 10.2. The quantitative estimate of drug-likeness (QED) is 0.511. The van der Waals surface area contributed by atoms with E-state index in [1.54, 1.807) is 0 Å². The second-order valence-corrected chi connectivity index (χ2v) is 4.85. The van der Waals surface area contributed by atoms with Crippen LogP contribution < -0.4 is 10.3 Å². The number of rotatable bonds is 4. The van der Waals surface area contributed by atoms with E-state index < -0.39 is 32.8 Å². The highest BCUT2D eigenvalue weighted by atomic mass is 16.6. The van der Waals surface area contributed by atoms with Gasteiger partial charge in [0.05, 0.1) is 15.4 Å². The van der Waals surface area contributed by atoms with Gasteiger partial charge in [-0.25, -0.2) is 4.79 Å². The first-order valence-corrected chi connectivity index (χ1v) is 6.57. The molecule has 0 amide bonds. The largest absolute Gasteiger partial charge is 0.415 e. The third kappa shape index (κ3) is 3.11. The molecule has 10 nitrogen and oxygen atoms in total. The fourth-order valence-corrected chi connectivity index (χ4v) is 2.10. The summed E-state index contributed by atoms with van der Waals surface area (Å²) in [5.41, 5.74) is -2.05. The highest BCUT2D eigenvalue weighted by Gasteiger charge is 2.26. The molecule has 0 aliphatic carbocycles. The van der Waals surface area contributed by atoms with Gasteiger partial charge in [0.2, 0.25) is 5.75 Å². The molecule has 10 heteroatoms. The lowest BCUT2D eigenvalue weighted by Gasteiger charge is -2.07. The van der Waals surface area contributed by atoms with Crippen LogP contribution in [0.1, 0.15) is 21.6 Å². The number of carbonyl (C=O) groups excluding carboxylic acids is 1. The molecule has 1 aromatic heterocycles. The van der Waals surface area contributed by atoms with Crippen LogP contribution >= 0.6 is 0 Å². The van der Waals surface area contributed by atoms with E-state index in [9.17, 15) is 29.8 Å². The number of hydrogen-bond acceptors (Lipinski definition) is 7. The summed E-state index contributed by atoms with van der Waals surface area (Å²) in [5.74, 6) is -1.57. The molecule has 0 aliphatic heterocycles. The van der Waals surface area contributed by atoms with Crippen LogP contribution in [0.15, 0.2) is 29.1 Å². The maximum atomic E-state index is 12.2. The van der Waals surface area contributed by atoms with Crippen LogP contribution in [0.25, 0.3) is 0 Å². The van der Waals surface area contributed by atoms with Gasteiger partial charge in [-0.2, -0.15) is 0 Å². The van der Waals surface area contributed by atoms with Crippen molar-refractivity contribution in [1.82, 2.24) is 4.98 Å². The highest BCUT2D eigenvalue weighted by Crippen LogP contribution is 2.26. The first-order chi connectivity index (χ1) is 11.2. The van der Waals surface area contributed by atoms with Crippen LogP contribution in [0.2, 0.25) is 0 Å². The first-order valence-electron chi connectivity index (χ1n) is 6.57. The predicted octanol–water partition coefficient (Wildman–Crippen LogP) is 2.03. The lowest BCUT2D eigenvalue weighted by atomic mass is 10.1. The zero-order valence-corrected chi connectivity index (χ0v) is 12.6. The number of aromatic nitrogens is 1. The maximum Gasteiger partial charge on any atom is 0.376 e. The van der Waals surface area contributed by atoms with Crippen molar-refractivity contribution in [1.29, 1.82) is 0 Å². The predicted molar refractivity (Wildman–Crippen MR) is 81.2 cm³/mol. The van der Waals surface area contributed by atoms with Crippen LogP contribution in [0.3, 0.4) is 0 Å². The zero-order chi connectivity index (χ0) is 18.0. The van der Waals surface area contributed by atoms with Gasteiger partial charge < -0.3 is 9.72 Å². The number of hydrogen-bond donors (Lipinski definition) is 1. The minimum atomic E-state index is -1.04. The average molecular weight is 333 g/mol. The van der Waals surface area contributed by atoms with Crippen LogP contribution in [0.4, 0.5) is 11.4 Å². The SMILES string of the molecule is Cc1cc(OC(=O)c2cccc([N+](=O)[O-])c2C)c([N+](=O)[O-])c(=O)[nH]1. The standard InChI is InChI=1S/C14H11N3O7/c1-7-6-11(12(17(22)23)13(18)15-7)24-14(19)9-4-3-5-10(8(9)2)16(20)21/h3-6H,1-2H3,(H,15,18). The van der Waals surface area contributed by atoms with Crippen molar-refractivity contribution >= 4 is 17.3 Å². The molecule has 2 aromatic rings. The summed E-state index contributed by atoms with van der Waals surface area (Å²) < 4.78 is 4.95. The number of nitro groups is 2. The molecule has 0 radical (unpaired) electrons. The molecule has 2 rings (SSSR count). The average Bonchev–Trinajstić information content (AvgIpc) is 2.45. The Morgan fingerprint density at radius 1 is 1.17 bits per heavy atom. The van der Waals surface area contributed by atoms with Gasteiger partial charge in [-0.1, -0.05) is 6.07 Å². The van der Waals surface area contributed by atoms with E-state index in [-0.39, 0.29) is 22.5 Å². The number of carbonyl (C=O) groups is 1. The van der Waals surface area contributed by atoms with Gasteiger partial charge >= 0.3 is 17.2 Å². The molecule has 0 fully saturated rings. The summed E-state index contributed by atoms with van der Waals surface area (Å²) in [4.78, 5) is 46.4. The van der Waals surface area contributed by atoms with Crippen molar-refractivity contribution in [2.24, 2.45) is 0 Å². The van der Waals surface area contributed by atoms with Crippen molar-refractivity contribution in [3.63, 3.8) is 0 Å². The highest BCUT2D eigenvalue weighted by molar-refractivity contribution is 5.94. The number of ether oxygens (including phenoxy) is 1. The Labute approximate surface area is 134 Å². The number of aryl methyl sites for hydroxylation is 1. The number of benzene rings is 1. The van der Waals surface area contributed by atoms with Gasteiger partial charge in [0.1, 0.15) is 0 Å². The Balaban J connectivity index is 2.49. The van der Waals surface area contributed by atoms with Gasteiger partial charge in [-0.15, -0.1) is 0 Å². The number of aromatic amines is 1. The molecule has 0 unspecified atom stereocenters. The van der Waals surface area contributed by atoms with E-state index in [0.29, 0.717) is 0 Å². The topological polar surface area (TPSA) is 145 Å². The maximum absolute atomic E-state index is 12.2. The molecule has 0 spiro atoms. The van der Waals surface area contributed by atoms with Crippen molar-refractivity contribution in [2.75, 3.05) is 0 Å². The molecular weight excluding hydrogens is 322 g/mol. The van der Waals surface area contributed by atoms with Gasteiger partial charge in [0.25, 0.3) is 5.69 Å². The lowest BCUT2D eigenvalue weighted by Crippen LogP contribution is -2.18. The summed E-state index contributed by atoms with van der Waals surface area (Å²) >= 11 is 0. The number of pyridine rings is 1. The molecule has 1 aromatic carbocycles. The summed E-state index contributed by atoms with van der Waals surface area (Å²) in [6, 6.07) is 4.92. The van der Waals surface area contributed by atoms with Crippen LogP contribution in [-0.4, -0.2) is 20.8 Å². The Kier molecular flexibility index (Phi) is 4.40. The van der Waals surface area contributed by atoms with E-state index >= 15 is 0 Å². The van der Waals surface area contributed by atoms with Crippen molar-refractivity contribution in [3.8, 4) is 5.75 Å². The number of nitrogens with one attached hydrogen (secondary N) is 1. The first kappa shape index (κ1) is 16.8. The minimum Gasteiger partial charge on any atom is -0.415 e. The third-order valence-electron chi connectivity index (χ3n) is 3.21. The van der Waals surface area contributed by atoms with E-state index in [1.165, 1.54) is 32.0 Å². The summed E-state index contributed by atoms with van der Waals surface area (Å²) in [6.07, 6.45) is 0. The zero-order valence-electron chi connectivity index (χ0n) is 12.6. The van der Waals surface area contributed by atoms with E-state index in [1.807, 2.05) is 0 Å². The van der Waals surface area contributed by atoms with Crippen LogP contribution in [-0.2, 0) is 0 Å². The molecule has 0 saturated heterocycles. The fraction of sp³-hybridized carbons (Fsp3) is 0.143. The Hall–Kier alpha value is -3.56. The molecule has 0 saturated carbocycles. The van der Waals surface area contributed by atoms with Gasteiger partial charge in [0.15, 0.2) is 0 Å². The van der Waals surface area contributed by atoms with E-state index in [4.69, 9.17) is 4.74 Å². The number of H-pyrrole nitrogens is 1. The van der Waals surface area contributed by atoms with Crippen molar-refractivity contribution in [3.05, 3.63) is 71.7 Å². The van der Waals surface area contributed by atoms with Crippen LogP contribution in [0, 0.1) is 34.1 Å². The minimum absolute atomic E-state index is 0.0525. The number of esters is 1. The van der Waals surface area contributed by atoms with Crippen molar-refractivity contribution in [2.45, 2.75) is 13.8 Å². The lowest BCUT2D eigenvalue weighted by molar-refractivity contribution is -0.387. The molecular formula is C14H11N3O7. The third-order valence-corrected chi connectivity index (χ3v) is 3.21. The monoisotopic (exact) mass is 333 g/mol. The molecule has 0 aliphatic rings. The Bertz CT molecular complexity index is 917. The molecule has 124 valence electrons. The van der Waals surface area contributed by atoms with Gasteiger partial charge in [-0.3, -0.25) is 25.0 Å². The summed E-state index contributed by atoms with van der Waals surface area (Å²) in [7, 11) is 0. The molecule has 24 heavy (non-hydrogen) atoms. The molecule has 0 atom stereocenters. The number of nitrogens with zero attached hydrogens (tertiary/aromatic N) is 2. The molecule has 0 bridgehead atoms. The Morgan fingerprint density at radius 2 is 1.83 bits per heavy atom. The summed E-state index contributed by atoms with van der Waals surface area (Å²) in [5, 5.41) is 21.9. The van der Waals surface area contributed by atoms with Crippen molar-refractivity contribution < 1.29 is 19.4 Å². The molecule has 1 heterocycles. The van der Waals surface area contributed by atoms with E-state index in [2.05, 4.69) is 4.98 Å². The summed E-state index contributed by atoms with van der Waals surface area (Å²) in [6.45, 7) is 2.81. The second-order valence-electron chi connectivity index (χ2n) is 4.85. The fourth-order valence-electron chi connectivity index (χ4n) is 2.10. The smallest absolute Gasteiger partial charge is 0.376 e. The Morgan fingerprint density at radius 3 is 2.42 bits per heavy atom. The van der Waals surface area contributed by atoms with Gasteiger partial charge in [-0.05, 0) is 19.9 Å².